The molecule has 1 atom stereocenters. The van der Waals surface area contributed by atoms with Crippen molar-refractivity contribution in [1.29, 1.82) is 0 Å². The van der Waals surface area contributed by atoms with Crippen LogP contribution < -0.4 is 4.72 Å². The van der Waals surface area contributed by atoms with Gasteiger partial charge in [0.1, 0.15) is 0 Å². The minimum atomic E-state index is -3.76. The molecule has 0 amide bonds. The number of carbonyl (C=O) groups is 2. The zero-order valence-electron chi connectivity index (χ0n) is 9.10. The van der Waals surface area contributed by atoms with Crippen molar-refractivity contribution in [2.45, 2.75) is 25.8 Å². The van der Waals surface area contributed by atoms with E-state index in [0.717, 1.165) is 7.11 Å². The summed E-state index contributed by atoms with van der Waals surface area (Å²) in [7, 11) is -2.67. The summed E-state index contributed by atoms with van der Waals surface area (Å²) in [5, 5.41) is 8.39. The number of hydrogen-bond acceptors (Lipinski definition) is 5. The van der Waals surface area contributed by atoms with Crippen molar-refractivity contribution >= 4 is 22.0 Å². The van der Waals surface area contributed by atoms with Crippen LogP contribution in [0.2, 0.25) is 0 Å². The van der Waals surface area contributed by atoms with Crippen molar-refractivity contribution in [2.75, 3.05) is 12.9 Å². The first-order valence-corrected chi connectivity index (χ1v) is 6.20. The molecule has 0 heterocycles. The van der Waals surface area contributed by atoms with Crippen molar-refractivity contribution in [2.24, 2.45) is 0 Å². The van der Waals surface area contributed by atoms with Crippen LogP contribution in [0.25, 0.3) is 0 Å². The van der Waals surface area contributed by atoms with Crippen molar-refractivity contribution in [3.05, 3.63) is 0 Å². The van der Waals surface area contributed by atoms with Gasteiger partial charge in [-0.2, -0.15) is 0 Å². The van der Waals surface area contributed by atoms with Crippen LogP contribution in [0.4, 0.5) is 0 Å². The SMILES string of the molecule is COC(=O)CS(=O)(=O)NC(C)CCC(=O)O. The molecule has 0 bridgehead atoms. The molecule has 1 unspecified atom stereocenters. The highest BCUT2D eigenvalue weighted by Crippen LogP contribution is 1.99. The molecule has 0 aliphatic carbocycles. The molecule has 0 aliphatic rings. The number of aliphatic carboxylic acids is 1. The molecule has 16 heavy (non-hydrogen) atoms. The molecule has 7 nitrogen and oxygen atoms in total. The third kappa shape index (κ3) is 7.18. The monoisotopic (exact) mass is 253 g/mol. The van der Waals surface area contributed by atoms with Gasteiger partial charge in [0.2, 0.25) is 10.0 Å². The molecule has 0 aliphatic heterocycles. The Bertz CT molecular complexity index is 350. The van der Waals surface area contributed by atoms with Crippen LogP contribution in [0, 0.1) is 0 Å². The molecule has 0 rings (SSSR count). The molecule has 0 spiro atoms. The standard InChI is InChI=1S/C8H15NO6S/c1-6(3-4-7(10)11)9-16(13,14)5-8(12)15-2/h6,9H,3-5H2,1-2H3,(H,10,11). The van der Waals surface area contributed by atoms with E-state index in [1.165, 1.54) is 6.92 Å². The third-order valence-corrected chi connectivity index (χ3v) is 3.08. The van der Waals surface area contributed by atoms with E-state index in [-0.39, 0.29) is 12.8 Å². The van der Waals surface area contributed by atoms with Crippen LogP contribution in [-0.4, -0.2) is 44.4 Å². The van der Waals surface area contributed by atoms with Gasteiger partial charge in [0, 0.05) is 12.5 Å². The Kier molecular flexibility index (Phi) is 5.97. The highest BCUT2D eigenvalue weighted by molar-refractivity contribution is 7.90. The quantitative estimate of drug-likeness (QED) is 0.582. The molecule has 0 aromatic rings. The molecule has 2 N–H and O–H groups in total. The Hall–Kier alpha value is -1.15. The van der Waals surface area contributed by atoms with E-state index in [0.29, 0.717) is 0 Å². The Balaban J connectivity index is 4.15. The largest absolute Gasteiger partial charge is 0.481 e. The maximum absolute atomic E-state index is 11.3. The van der Waals surface area contributed by atoms with Crippen LogP contribution in [0.5, 0.6) is 0 Å². The number of carboxylic acid groups (broad SMARTS) is 1. The Labute approximate surface area is 93.8 Å². The van der Waals surface area contributed by atoms with Gasteiger partial charge in [-0.1, -0.05) is 0 Å². The van der Waals surface area contributed by atoms with Crippen LogP contribution in [0.3, 0.4) is 0 Å². The van der Waals surface area contributed by atoms with E-state index in [2.05, 4.69) is 9.46 Å². The second-order valence-corrected chi connectivity index (χ2v) is 5.04. The van der Waals surface area contributed by atoms with E-state index in [1.54, 1.807) is 0 Å². The van der Waals surface area contributed by atoms with Gasteiger partial charge in [0.15, 0.2) is 5.75 Å². The first kappa shape index (κ1) is 14.8. The lowest BCUT2D eigenvalue weighted by atomic mass is 10.2. The highest BCUT2D eigenvalue weighted by Gasteiger charge is 2.19. The summed E-state index contributed by atoms with van der Waals surface area (Å²) in [4.78, 5) is 21.0. The fourth-order valence-corrected chi connectivity index (χ4v) is 2.20. The smallest absolute Gasteiger partial charge is 0.322 e. The van der Waals surface area contributed by atoms with E-state index >= 15 is 0 Å². The summed E-state index contributed by atoms with van der Waals surface area (Å²) < 4.78 is 29.0. The molecule has 94 valence electrons. The van der Waals surface area contributed by atoms with Crippen LogP contribution in [0.15, 0.2) is 0 Å². The van der Waals surface area contributed by atoms with E-state index in [4.69, 9.17) is 5.11 Å². The maximum atomic E-state index is 11.3. The predicted molar refractivity (Wildman–Crippen MR) is 55.3 cm³/mol. The van der Waals surface area contributed by atoms with Gasteiger partial charge in [0.05, 0.1) is 7.11 Å². The van der Waals surface area contributed by atoms with Gasteiger partial charge in [0.25, 0.3) is 0 Å². The summed E-state index contributed by atoms with van der Waals surface area (Å²) >= 11 is 0. The molecule has 0 fully saturated rings. The molecule has 0 saturated carbocycles. The molecular formula is C8H15NO6S. The average Bonchev–Trinajstić information content (AvgIpc) is 2.13. The van der Waals surface area contributed by atoms with Crippen LogP contribution in [-0.2, 0) is 24.3 Å². The Morgan fingerprint density at radius 3 is 2.44 bits per heavy atom. The summed E-state index contributed by atoms with van der Waals surface area (Å²) in [6.45, 7) is 1.53. The van der Waals surface area contributed by atoms with E-state index < -0.39 is 33.8 Å². The van der Waals surface area contributed by atoms with Crippen LogP contribution >= 0.6 is 0 Å². The first-order chi connectivity index (χ1) is 7.26. The van der Waals surface area contributed by atoms with E-state index in [9.17, 15) is 18.0 Å². The topological polar surface area (TPSA) is 110 Å². The van der Waals surface area contributed by atoms with Crippen molar-refractivity contribution in [3.8, 4) is 0 Å². The minimum absolute atomic E-state index is 0.137. The lowest BCUT2D eigenvalue weighted by Gasteiger charge is -2.12. The predicted octanol–water partition coefficient (Wildman–Crippen LogP) is -0.668. The van der Waals surface area contributed by atoms with E-state index in [1.807, 2.05) is 0 Å². The molecular weight excluding hydrogens is 238 g/mol. The average molecular weight is 253 g/mol. The number of rotatable bonds is 7. The Morgan fingerprint density at radius 1 is 1.44 bits per heavy atom. The zero-order valence-corrected chi connectivity index (χ0v) is 9.91. The van der Waals surface area contributed by atoms with Gasteiger partial charge in [-0.15, -0.1) is 0 Å². The number of sulfonamides is 1. The molecule has 0 saturated heterocycles. The summed E-state index contributed by atoms with van der Waals surface area (Å²) in [6.07, 6.45) is 0.0254. The molecule has 0 aromatic heterocycles. The van der Waals surface area contributed by atoms with Gasteiger partial charge >= 0.3 is 11.9 Å². The lowest BCUT2D eigenvalue weighted by Crippen LogP contribution is -2.37. The fourth-order valence-electron chi connectivity index (χ4n) is 0.961. The molecule has 0 radical (unpaired) electrons. The lowest BCUT2D eigenvalue weighted by molar-refractivity contribution is -0.138. The summed E-state index contributed by atoms with van der Waals surface area (Å²) in [6, 6.07) is -0.536. The normalized spacial score (nSPS) is 13.1. The summed E-state index contributed by atoms with van der Waals surface area (Å²) in [5.74, 6) is -2.63. The number of carboxylic acids is 1. The van der Waals surface area contributed by atoms with Crippen LogP contribution in [0.1, 0.15) is 19.8 Å². The van der Waals surface area contributed by atoms with Crippen molar-refractivity contribution < 1.29 is 27.9 Å². The fraction of sp³-hybridized carbons (Fsp3) is 0.750. The van der Waals surface area contributed by atoms with Gasteiger partial charge in [-0.05, 0) is 13.3 Å². The number of carbonyl (C=O) groups excluding carboxylic acids is 1. The second-order valence-electron chi connectivity index (χ2n) is 3.29. The molecule has 0 aromatic carbocycles. The van der Waals surface area contributed by atoms with Gasteiger partial charge in [-0.3, -0.25) is 9.59 Å². The number of hydrogen-bond donors (Lipinski definition) is 2. The van der Waals surface area contributed by atoms with Crippen molar-refractivity contribution in [1.82, 2.24) is 4.72 Å². The number of methoxy groups -OCH3 is 1. The number of nitrogens with one attached hydrogen (secondary N) is 1. The number of esters is 1. The first-order valence-electron chi connectivity index (χ1n) is 4.55. The Morgan fingerprint density at radius 2 is 2.00 bits per heavy atom. The summed E-state index contributed by atoms with van der Waals surface area (Å²) in [5.41, 5.74) is 0. The van der Waals surface area contributed by atoms with Crippen molar-refractivity contribution in [3.63, 3.8) is 0 Å². The maximum Gasteiger partial charge on any atom is 0.322 e. The number of ether oxygens (including phenoxy) is 1. The highest BCUT2D eigenvalue weighted by atomic mass is 32.2. The zero-order chi connectivity index (χ0) is 12.8. The molecule has 8 heteroatoms. The minimum Gasteiger partial charge on any atom is -0.481 e. The third-order valence-electron chi connectivity index (χ3n) is 1.71. The van der Waals surface area contributed by atoms with Gasteiger partial charge < -0.3 is 9.84 Å². The van der Waals surface area contributed by atoms with Gasteiger partial charge in [-0.25, -0.2) is 13.1 Å². The second kappa shape index (κ2) is 6.44.